The van der Waals surface area contributed by atoms with E-state index < -0.39 is 12.0 Å². The van der Waals surface area contributed by atoms with Crippen LogP contribution in [0.25, 0.3) is 0 Å². The second-order valence-corrected chi connectivity index (χ2v) is 10.2. The average molecular weight is 534 g/mol. The molecule has 198 valence electrons. The van der Waals surface area contributed by atoms with Gasteiger partial charge in [0, 0.05) is 24.4 Å². The molecule has 1 atom stereocenters. The summed E-state index contributed by atoms with van der Waals surface area (Å²) in [6.07, 6.45) is 2.28. The highest BCUT2D eigenvalue weighted by Crippen LogP contribution is 2.47. The number of aliphatic imine (C=N–C) groups is 1. The molecule has 3 heterocycles. The predicted octanol–water partition coefficient (Wildman–Crippen LogP) is 5.03. The number of esters is 1. The smallest absolute Gasteiger partial charge is 0.338 e. The Balaban J connectivity index is 1.53. The Morgan fingerprint density at radius 2 is 1.82 bits per heavy atom. The fourth-order valence-corrected chi connectivity index (χ4v) is 5.98. The zero-order valence-corrected chi connectivity index (χ0v) is 22.6. The maximum atomic E-state index is 13.7. The Hall–Kier alpha value is -3.72. The molecular formula is C29H31N3O5S. The number of rotatable bonds is 8. The number of fused-ring (bicyclic) bond motifs is 1. The summed E-state index contributed by atoms with van der Waals surface area (Å²) < 4.78 is 17.1. The summed E-state index contributed by atoms with van der Waals surface area (Å²) in [7, 11) is 3.20. The molecule has 1 fully saturated rings. The van der Waals surface area contributed by atoms with Gasteiger partial charge in [0.15, 0.2) is 5.17 Å². The van der Waals surface area contributed by atoms with Crippen molar-refractivity contribution in [2.45, 2.75) is 38.8 Å². The van der Waals surface area contributed by atoms with E-state index in [0.29, 0.717) is 27.9 Å². The van der Waals surface area contributed by atoms with Crippen molar-refractivity contribution in [3.05, 3.63) is 82.0 Å². The SMILES string of the molecule is COc1ccc(OC)c(C2C(C(=O)OCc3ccccc3)=C(C)N=C3SC=C(CC(=O)N4CCCC4)N32)c1. The van der Waals surface area contributed by atoms with Crippen LogP contribution >= 0.6 is 11.8 Å². The molecule has 2 aromatic rings. The van der Waals surface area contributed by atoms with Crippen LogP contribution < -0.4 is 9.47 Å². The number of hydrogen-bond acceptors (Lipinski definition) is 8. The third-order valence-corrected chi connectivity index (χ3v) is 7.84. The summed E-state index contributed by atoms with van der Waals surface area (Å²) in [6.45, 7) is 3.52. The van der Waals surface area contributed by atoms with Crippen molar-refractivity contribution in [3.63, 3.8) is 0 Å². The molecule has 1 unspecified atom stereocenters. The molecule has 0 aliphatic carbocycles. The molecule has 1 amide bonds. The Morgan fingerprint density at radius 3 is 2.53 bits per heavy atom. The second-order valence-electron chi connectivity index (χ2n) is 9.33. The number of nitrogens with zero attached hydrogens (tertiary/aromatic N) is 3. The number of thioether (sulfide) groups is 1. The quantitative estimate of drug-likeness (QED) is 0.440. The minimum atomic E-state index is -0.608. The number of methoxy groups -OCH3 is 2. The van der Waals surface area contributed by atoms with Crippen molar-refractivity contribution < 1.29 is 23.8 Å². The fourth-order valence-electron chi connectivity index (χ4n) is 5.01. The molecule has 0 aromatic heterocycles. The molecule has 2 aromatic carbocycles. The number of ether oxygens (including phenoxy) is 3. The zero-order chi connectivity index (χ0) is 26.6. The molecule has 0 bridgehead atoms. The first-order chi connectivity index (χ1) is 18.5. The highest BCUT2D eigenvalue weighted by Gasteiger charge is 2.43. The Bertz CT molecular complexity index is 1310. The lowest BCUT2D eigenvalue weighted by atomic mass is 9.92. The van der Waals surface area contributed by atoms with Gasteiger partial charge in [-0.05, 0) is 48.9 Å². The van der Waals surface area contributed by atoms with Crippen molar-refractivity contribution in [1.29, 1.82) is 0 Å². The molecule has 0 spiro atoms. The zero-order valence-electron chi connectivity index (χ0n) is 21.8. The predicted molar refractivity (Wildman–Crippen MR) is 147 cm³/mol. The number of hydrogen-bond donors (Lipinski definition) is 0. The summed E-state index contributed by atoms with van der Waals surface area (Å²) in [5, 5.41) is 2.67. The van der Waals surface area contributed by atoms with Crippen molar-refractivity contribution >= 4 is 28.8 Å². The molecule has 0 radical (unpaired) electrons. The fraction of sp³-hybridized carbons (Fsp3) is 0.345. The van der Waals surface area contributed by atoms with Crippen LogP contribution in [0.5, 0.6) is 11.5 Å². The summed E-state index contributed by atoms with van der Waals surface area (Å²) >= 11 is 1.45. The minimum Gasteiger partial charge on any atom is -0.497 e. The highest BCUT2D eigenvalue weighted by molar-refractivity contribution is 8.16. The summed E-state index contributed by atoms with van der Waals surface area (Å²) in [5.41, 5.74) is 3.38. The molecule has 1 saturated heterocycles. The number of benzene rings is 2. The van der Waals surface area contributed by atoms with Gasteiger partial charge in [0.25, 0.3) is 0 Å². The molecule has 9 heteroatoms. The van der Waals surface area contributed by atoms with Gasteiger partial charge in [-0.1, -0.05) is 42.1 Å². The van der Waals surface area contributed by atoms with Crippen molar-refractivity contribution in [2.75, 3.05) is 27.3 Å². The van der Waals surface area contributed by atoms with Gasteiger partial charge in [0.05, 0.1) is 38.0 Å². The maximum absolute atomic E-state index is 13.7. The van der Waals surface area contributed by atoms with Crippen LogP contribution in [-0.2, 0) is 20.9 Å². The van der Waals surface area contributed by atoms with E-state index in [2.05, 4.69) is 0 Å². The van der Waals surface area contributed by atoms with Crippen molar-refractivity contribution in [2.24, 2.45) is 4.99 Å². The second kappa shape index (κ2) is 11.3. The Kier molecular flexibility index (Phi) is 7.74. The lowest BCUT2D eigenvalue weighted by Crippen LogP contribution is -2.38. The lowest BCUT2D eigenvalue weighted by molar-refractivity contribution is -0.141. The third-order valence-electron chi connectivity index (χ3n) is 6.96. The maximum Gasteiger partial charge on any atom is 0.338 e. The van der Waals surface area contributed by atoms with Gasteiger partial charge >= 0.3 is 5.97 Å². The number of amides is 1. The molecule has 0 N–H and O–H groups in total. The van der Waals surface area contributed by atoms with E-state index >= 15 is 0 Å². The van der Waals surface area contributed by atoms with E-state index in [9.17, 15) is 9.59 Å². The largest absolute Gasteiger partial charge is 0.497 e. The van der Waals surface area contributed by atoms with E-state index in [1.807, 2.05) is 70.7 Å². The summed E-state index contributed by atoms with van der Waals surface area (Å²) in [6, 6.07) is 14.5. The molecule has 5 rings (SSSR count). The van der Waals surface area contributed by atoms with Crippen LogP contribution in [0.4, 0.5) is 0 Å². The number of allylic oxidation sites excluding steroid dienone is 1. The molecule has 0 saturated carbocycles. The van der Waals surface area contributed by atoms with E-state index in [1.54, 1.807) is 14.2 Å². The van der Waals surface area contributed by atoms with E-state index in [4.69, 9.17) is 19.2 Å². The van der Waals surface area contributed by atoms with Gasteiger partial charge in [0.1, 0.15) is 18.1 Å². The van der Waals surface area contributed by atoms with Gasteiger partial charge in [-0.2, -0.15) is 0 Å². The van der Waals surface area contributed by atoms with Crippen LogP contribution in [0.2, 0.25) is 0 Å². The molecular weight excluding hydrogens is 502 g/mol. The average Bonchev–Trinajstić information content (AvgIpc) is 3.62. The summed E-state index contributed by atoms with van der Waals surface area (Å²) in [5.74, 6) is 0.836. The Labute approximate surface area is 226 Å². The van der Waals surface area contributed by atoms with Crippen LogP contribution in [0.1, 0.15) is 43.4 Å². The van der Waals surface area contributed by atoms with Gasteiger partial charge in [0.2, 0.25) is 5.91 Å². The van der Waals surface area contributed by atoms with E-state index in [0.717, 1.165) is 42.8 Å². The molecule has 3 aliphatic rings. The monoisotopic (exact) mass is 533 g/mol. The number of likely N-dealkylation sites (tertiary alicyclic amines) is 1. The molecule has 3 aliphatic heterocycles. The topological polar surface area (TPSA) is 80.7 Å². The summed E-state index contributed by atoms with van der Waals surface area (Å²) in [4.78, 5) is 35.5. The van der Waals surface area contributed by atoms with Crippen LogP contribution in [0.3, 0.4) is 0 Å². The van der Waals surface area contributed by atoms with Gasteiger partial charge in [-0.15, -0.1) is 0 Å². The normalized spacial score (nSPS) is 18.7. The van der Waals surface area contributed by atoms with Crippen LogP contribution in [0.15, 0.2) is 75.9 Å². The minimum absolute atomic E-state index is 0.0754. The van der Waals surface area contributed by atoms with E-state index in [1.165, 1.54) is 11.8 Å². The molecule has 8 nitrogen and oxygen atoms in total. The highest BCUT2D eigenvalue weighted by atomic mass is 32.2. The third kappa shape index (κ3) is 5.15. The first kappa shape index (κ1) is 25.9. The van der Waals surface area contributed by atoms with Gasteiger partial charge in [-0.25, -0.2) is 9.79 Å². The van der Waals surface area contributed by atoms with Crippen molar-refractivity contribution in [1.82, 2.24) is 9.80 Å². The van der Waals surface area contributed by atoms with Crippen LogP contribution in [-0.4, -0.2) is 54.2 Å². The molecule has 38 heavy (non-hydrogen) atoms. The van der Waals surface area contributed by atoms with Crippen molar-refractivity contribution in [3.8, 4) is 11.5 Å². The number of amidine groups is 1. The lowest BCUT2D eigenvalue weighted by Gasteiger charge is -2.37. The first-order valence-electron chi connectivity index (χ1n) is 12.6. The van der Waals surface area contributed by atoms with E-state index in [-0.39, 0.29) is 18.9 Å². The van der Waals surface area contributed by atoms with Gasteiger partial charge < -0.3 is 24.0 Å². The first-order valence-corrected chi connectivity index (χ1v) is 13.5. The standard InChI is InChI=1S/C29H31N3O5S/c1-19-26(28(34)37-17-20-9-5-4-6-10-20)27(23-16-22(35-2)11-12-24(23)36-3)32-21(18-38-29(32)30-19)15-25(33)31-13-7-8-14-31/h4-6,9-12,16,18,27H,7-8,13-15,17H2,1-3H3. The number of carbonyl (C=O) groups is 2. The van der Waals surface area contributed by atoms with Crippen LogP contribution in [0, 0.1) is 0 Å². The van der Waals surface area contributed by atoms with Gasteiger partial charge in [-0.3, -0.25) is 4.79 Å². The Morgan fingerprint density at radius 1 is 1.05 bits per heavy atom. The number of carbonyl (C=O) groups excluding carboxylic acids is 2.